The molecular formula is C20H27N3O3S2. The predicted molar refractivity (Wildman–Crippen MR) is 112 cm³/mol. The van der Waals surface area contributed by atoms with Crippen LogP contribution in [0.2, 0.25) is 0 Å². The largest absolute Gasteiger partial charge is 0.355 e. The summed E-state index contributed by atoms with van der Waals surface area (Å²) in [5, 5.41) is 4.97. The average Bonchev–Trinajstić information content (AvgIpc) is 3.17. The number of thiophene rings is 1. The van der Waals surface area contributed by atoms with Crippen molar-refractivity contribution in [2.45, 2.75) is 25.2 Å². The summed E-state index contributed by atoms with van der Waals surface area (Å²) in [4.78, 5) is 15.8. The van der Waals surface area contributed by atoms with Gasteiger partial charge < -0.3 is 5.32 Å². The minimum absolute atomic E-state index is 0.0117. The van der Waals surface area contributed by atoms with Gasteiger partial charge in [0.15, 0.2) is 0 Å². The zero-order chi connectivity index (χ0) is 20.1. The first kappa shape index (κ1) is 21.0. The maximum absolute atomic E-state index is 13.0. The fourth-order valence-electron chi connectivity index (χ4n) is 3.29. The summed E-state index contributed by atoms with van der Waals surface area (Å²) >= 11 is 1.69. The second-order valence-electron chi connectivity index (χ2n) is 7.13. The van der Waals surface area contributed by atoms with Gasteiger partial charge in [-0.05, 0) is 48.9 Å². The molecule has 1 amide bonds. The smallest absolute Gasteiger partial charge is 0.243 e. The van der Waals surface area contributed by atoms with Crippen molar-refractivity contribution in [3.05, 3.63) is 51.7 Å². The van der Waals surface area contributed by atoms with Crippen LogP contribution in [0.5, 0.6) is 0 Å². The van der Waals surface area contributed by atoms with E-state index in [1.165, 1.54) is 9.18 Å². The van der Waals surface area contributed by atoms with Crippen LogP contribution in [0.3, 0.4) is 0 Å². The molecule has 0 atom stereocenters. The predicted octanol–water partition coefficient (Wildman–Crippen LogP) is 2.03. The number of nitrogens with one attached hydrogen (secondary N) is 1. The van der Waals surface area contributed by atoms with Gasteiger partial charge in [-0.15, -0.1) is 11.3 Å². The van der Waals surface area contributed by atoms with Crippen molar-refractivity contribution >= 4 is 27.3 Å². The van der Waals surface area contributed by atoms with Gasteiger partial charge in [-0.25, -0.2) is 8.42 Å². The van der Waals surface area contributed by atoms with Gasteiger partial charge in [0.2, 0.25) is 15.9 Å². The van der Waals surface area contributed by atoms with Gasteiger partial charge in [0.05, 0.1) is 11.4 Å². The molecule has 1 aromatic heterocycles. The number of amides is 1. The molecule has 1 aromatic carbocycles. The Balaban J connectivity index is 1.48. The number of aryl methyl sites for hydroxylation is 2. The summed E-state index contributed by atoms with van der Waals surface area (Å²) in [6, 6.07) is 9.57. The van der Waals surface area contributed by atoms with E-state index in [9.17, 15) is 13.2 Å². The van der Waals surface area contributed by atoms with Gasteiger partial charge in [0.1, 0.15) is 0 Å². The highest BCUT2D eigenvalue weighted by Crippen LogP contribution is 2.22. The summed E-state index contributed by atoms with van der Waals surface area (Å²) in [7, 11) is -3.50. The first-order valence-electron chi connectivity index (χ1n) is 9.45. The third kappa shape index (κ3) is 5.20. The number of sulfonamides is 1. The zero-order valence-electron chi connectivity index (χ0n) is 16.3. The second-order valence-corrected chi connectivity index (χ2v) is 10.1. The highest BCUT2D eigenvalue weighted by atomic mass is 32.2. The fraction of sp³-hybridized carbons (Fsp3) is 0.450. The Bertz CT molecular complexity index is 903. The monoisotopic (exact) mass is 421 g/mol. The molecule has 6 nitrogen and oxygen atoms in total. The van der Waals surface area contributed by atoms with E-state index in [0.717, 1.165) is 17.5 Å². The van der Waals surface area contributed by atoms with E-state index < -0.39 is 10.0 Å². The van der Waals surface area contributed by atoms with E-state index in [4.69, 9.17) is 0 Å². The van der Waals surface area contributed by atoms with Gasteiger partial charge in [0.25, 0.3) is 0 Å². The molecule has 3 rings (SSSR count). The second kappa shape index (κ2) is 9.17. The Morgan fingerprint density at radius 3 is 2.57 bits per heavy atom. The number of benzene rings is 1. The van der Waals surface area contributed by atoms with Crippen LogP contribution >= 0.6 is 11.3 Å². The normalized spacial score (nSPS) is 16.2. The summed E-state index contributed by atoms with van der Waals surface area (Å²) in [6.07, 6.45) is 0.839. The quantitative estimate of drug-likeness (QED) is 0.743. The molecule has 1 aliphatic rings. The summed E-state index contributed by atoms with van der Waals surface area (Å²) in [6.45, 7) is 6.57. The van der Waals surface area contributed by atoms with Crippen molar-refractivity contribution in [2.24, 2.45) is 0 Å². The summed E-state index contributed by atoms with van der Waals surface area (Å²) < 4.78 is 27.5. The molecule has 0 spiro atoms. The third-order valence-corrected chi connectivity index (χ3v) is 7.91. The van der Waals surface area contributed by atoms with Crippen molar-refractivity contribution < 1.29 is 13.2 Å². The van der Waals surface area contributed by atoms with Gasteiger partial charge in [-0.2, -0.15) is 4.31 Å². The number of rotatable bonds is 7. The van der Waals surface area contributed by atoms with Crippen molar-refractivity contribution in [3.8, 4) is 0 Å². The lowest BCUT2D eigenvalue weighted by molar-refractivity contribution is -0.122. The average molecular weight is 422 g/mol. The molecule has 0 saturated carbocycles. The van der Waals surface area contributed by atoms with Crippen LogP contribution in [-0.4, -0.2) is 62.8 Å². The Kier molecular flexibility index (Phi) is 6.87. The van der Waals surface area contributed by atoms with Crippen molar-refractivity contribution in [3.63, 3.8) is 0 Å². The molecule has 0 unspecified atom stereocenters. The molecule has 152 valence electrons. The molecule has 1 aliphatic heterocycles. The molecule has 8 heteroatoms. The van der Waals surface area contributed by atoms with E-state index in [-0.39, 0.29) is 5.91 Å². The van der Waals surface area contributed by atoms with Gasteiger partial charge >= 0.3 is 0 Å². The number of hydrogen-bond acceptors (Lipinski definition) is 5. The number of piperazine rings is 1. The van der Waals surface area contributed by atoms with Crippen LogP contribution in [0.1, 0.15) is 16.0 Å². The first-order chi connectivity index (χ1) is 13.4. The SMILES string of the molecule is Cc1ccc(C)c(S(=O)(=O)N2CCN(CC(=O)NCCc3cccs3)CC2)c1. The van der Waals surface area contributed by atoms with Crippen LogP contribution in [0.15, 0.2) is 40.6 Å². The fourth-order valence-corrected chi connectivity index (χ4v) is 5.73. The van der Waals surface area contributed by atoms with Gasteiger partial charge in [0, 0.05) is 37.6 Å². The standard InChI is InChI=1S/C20H27N3O3S2/c1-16-5-6-17(2)19(14-16)28(25,26)23-11-9-22(10-12-23)15-20(24)21-8-7-18-4-3-13-27-18/h3-6,13-14H,7-12,15H2,1-2H3,(H,21,24). The lowest BCUT2D eigenvalue weighted by Crippen LogP contribution is -2.51. The topological polar surface area (TPSA) is 69.7 Å². The van der Waals surface area contributed by atoms with Crippen LogP contribution in [0, 0.1) is 13.8 Å². The highest BCUT2D eigenvalue weighted by molar-refractivity contribution is 7.89. The molecule has 0 radical (unpaired) electrons. The van der Waals surface area contributed by atoms with Gasteiger partial charge in [-0.3, -0.25) is 9.69 Å². The molecule has 2 heterocycles. The van der Waals surface area contributed by atoms with Crippen LogP contribution in [0.25, 0.3) is 0 Å². The van der Waals surface area contributed by atoms with Crippen LogP contribution in [-0.2, 0) is 21.2 Å². The van der Waals surface area contributed by atoms with E-state index in [1.54, 1.807) is 17.4 Å². The first-order valence-corrected chi connectivity index (χ1v) is 11.8. The number of carbonyl (C=O) groups excluding carboxylic acids is 1. The molecule has 1 N–H and O–H groups in total. The Hall–Kier alpha value is -1.74. The molecule has 1 saturated heterocycles. The molecule has 0 aliphatic carbocycles. The maximum Gasteiger partial charge on any atom is 0.243 e. The van der Waals surface area contributed by atoms with E-state index >= 15 is 0 Å². The molecule has 0 bridgehead atoms. The molecular weight excluding hydrogens is 394 g/mol. The third-order valence-electron chi connectivity index (χ3n) is 4.93. The number of carbonyl (C=O) groups is 1. The lowest BCUT2D eigenvalue weighted by Gasteiger charge is -2.33. The van der Waals surface area contributed by atoms with E-state index in [2.05, 4.69) is 11.4 Å². The molecule has 1 fully saturated rings. The number of hydrogen-bond donors (Lipinski definition) is 1. The van der Waals surface area contributed by atoms with E-state index in [1.807, 2.05) is 42.3 Å². The van der Waals surface area contributed by atoms with Crippen LogP contribution in [0.4, 0.5) is 0 Å². The summed E-state index contributed by atoms with van der Waals surface area (Å²) in [5.74, 6) is -0.0117. The maximum atomic E-state index is 13.0. The van der Waals surface area contributed by atoms with Crippen molar-refractivity contribution in [2.75, 3.05) is 39.3 Å². The minimum Gasteiger partial charge on any atom is -0.355 e. The molecule has 28 heavy (non-hydrogen) atoms. The minimum atomic E-state index is -3.50. The van der Waals surface area contributed by atoms with Gasteiger partial charge in [-0.1, -0.05) is 18.2 Å². The zero-order valence-corrected chi connectivity index (χ0v) is 18.0. The molecule has 2 aromatic rings. The lowest BCUT2D eigenvalue weighted by atomic mass is 10.2. The summed E-state index contributed by atoms with van der Waals surface area (Å²) in [5.41, 5.74) is 1.69. The van der Waals surface area contributed by atoms with Crippen LogP contribution < -0.4 is 5.32 Å². The van der Waals surface area contributed by atoms with E-state index in [0.29, 0.717) is 44.2 Å². The number of nitrogens with zero attached hydrogens (tertiary/aromatic N) is 2. The Labute approximate surface area is 171 Å². The van der Waals surface area contributed by atoms with Crippen molar-refractivity contribution in [1.29, 1.82) is 0 Å². The van der Waals surface area contributed by atoms with Crippen molar-refractivity contribution in [1.82, 2.24) is 14.5 Å². The Morgan fingerprint density at radius 2 is 1.89 bits per heavy atom. The Morgan fingerprint density at radius 1 is 1.14 bits per heavy atom. The highest BCUT2D eigenvalue weighted by Gasteiger charge is 2.30.